The minimum absolute atomic E-state index is 0. The highest BCUT2D eigenvalue weighted by atomic mass is 79.9. The van der Waals surface area contributed by atoms with Crippen molar-refractivity contribution in [3.8, 4) is 0 Å². The number of fused-ring (bicyclic) bond motifs is 6. The molecule has 0 amide bonds. The fourth-order valence-corrected chi connectivity index (χ4v) is 3.17. The molecule has 0 radical (unpaired) electrons. The molecular formula is C13H14BrN3. The molecule has 3 nitrogen and oxygen atoms in total. The van der Waals surface area contributed by atoms with Gasteiger partial charge in [-0.15, -0.1) is 17.0 Å². The van der Waals surface area contributed by atoms with Gasteiger partial charge in [0.15, 0.2) is 0 Å². The summed E-state index contributed by atoms with van der Waals surface area (Å²) in [6.07, 6.45) is 4.85. The summed E-state index contributed by atoms with van der Waals surface area (Å²) in [6.45, 7) is 2.24. The van der Waals surface area contributed by atoms with Gasteiger partial charge in [0, 0.05) is 25.5 Å². The molecule has 88 valence electrons. The second kappa shape index (κ2) is 4.03. The van der Waals surface area contributed by atoms with Crippen LogP contribution in [0, 0.1) is 0 Å². The second-order valence-corrected chi connectivity index (χ2v) is 4.81. The maximum atomic E-state index is 4.39. The molecule has 2 bridgehead atoms. The van der Waals surface area contributed by atoms with E-state index in [0.717, 1.165) is 24.1 Å². The van der Waals surface area contributed by atoms with Crippen molar-refractivity contribution in [2.45, 2.75) is 18.3 Å². The summed E-state index contributed by atoms with van der Waals surface area (Å²) < 4.78 is 0. The molecule has 1 fully saturated rings. The van der Waals surface area contributed by atoms with Crippen LogP contribution in [0.4, 0.5) is 0 Å². The van der Waals surface area contributed by atoms with Crippen LogP contribution in [0.25, 0.3) is 11.0 Å². The molecule has 2 aliphatic rings. The van der Waals surface area contributed by atoms with E-state index in [1.165, 1.54) is 17.5 Å². The predicted molar refractivity (Wildman–Crippen MR) is 72.8 cm³/mol. The summed E-state index contributed by atoms with van der Waals surface area (Å²) in [7, 11) is 0. The number of rotatable bonds is 0. The first-order chi connectivity index (χ1) is 7.92. The van der Waals surface area contributed by atoms with E-state index in [9.17, 15) is 0 Å². The summed E-state index contributed by atoms with van der Waals surface area (Å²) in [6, 6.07) is 4.49. The van der Waals surface area contributed by atoms with Gasteiger partial charge >= 0.3 is 0 Å². The monoisotopic (exact) mass is 291 g/mol. The Morgan fingerprint density at radius 2 is 1.47 bits per heavy atom. The van der Waals surface area contributed by atoms with Gasteiger partial charge in [-0.2, -0.15) is 0 Å². The average molecular weight is 292 g/mol. The molecule has 0 spiro atoms. The Morgan fingerprint density at radius 3 is 2.00 bits per heavy atom. The van der Waals surface area contributed by atoms with Crippen molar-refractivity contribution in [2.24, 2.45) is 0 Å². The van der Waals surface area contributed by atoms with Crippen LogP contribution < -0.4 is 5.32 Å². The molecule has 2 heterocycles. The largest absolute Gasteiger partial charge is 0.316 e. The van der Waals surface area contributed by atoms with E-state index < -0.39 is 0 Å². The van der Waals surface area contributed by atoms with Gasteiger partial charge < -0.3 is 5.32 Å². The lowest BCUT2D eigenvalue weighted by Gasteiger charge is -2.19. The number of benzene rings is 1. The number of aromatic nitrogens is 2. The smallest absolute Gasteiger partial charge is 0.0889 e. The predicted octanol–water partition coefficient (Wildman–Crippen LogP) is 2.38. The first-order valence-corrected chi connectivity index (χ1v) is 5.87. The zero-order valence-corrected chi connectivity index (χ0v) is 11.1. The number of piperidine rings is 1. The minimum Gasteiger partial charge on any atom is -0.316 e. The second-order valence-electron chi connectivity index (χ2n) is 4.81. The third kappa shape index (κ3) is 1.58. The van der Waals surface area contributed by atoms with Crippen molar-refractivity contribution in [1.29, 1.82) is 0 Å². The number of halogens is 1. The van der Waals surface area contributed by atoms with E-state index >= 15 is 0 Å². The molecule has 1 aromatic heterocycles. The summed E-state index contributed by atoms with van der Waals surface area (Å²) in [4.78, 5) is 8.78. The van der Waals surface area contributed by atoms with Gasteiger partial charge in [0.1, 0.15) is 0 Å². The number of hydrogen-bond acceptors (Lipinski definition) is 3. The third-order valence-corrected chi connectivity index (χ3v) is 3.90. The highest BCUT2D eigenvalue weighted by molar-refractivity contribution is 8.93. The Kier molecular flexibility index (Phi) is 2.64. The molecule has 1 aliphatic heterocycles. The van der Waals surface area contributed by atoms with E-state index in [1.807, 2.05) is 0 Å². The van der Waals surface area contributed by atoms with Crippen LogP contribution >= 0.6 is 17.0 Å². The Hall–Kier alpha value is -1.00. The van der Waals surface area contributed by atoms with Crippen LogP contribution in [0.5, 0.6) is 0 Å². The number of nitrogens with zero attached hydrogens (tertiary/aromatic N) is 2. The molecule has 1 aromatic carbocycles. The van der Waals surface area contributed by atoms with Gasteiger partial charge in [-0.05, 0) is 41.5 Å². The Morgan fingerprint density at radius 1 is 0.941 bits per heavy atom. The molecule has 0 saturated carbocycles. The molecule has 1 aliphatic carbocycles. The van der Waals surface area contributed by atoms with Crippen molar-refractivity contribution < 1.29 is 0 Å². The molecule has 1 saturated heterocycles. The minimum atomic E-state index is 0. The molecule has 4 rings (SSSR count). The average Bonchev–Trinajstić information content (AvgIpc) is 2.59. The van der Waals surface area contributed by atoms with Crippen molar-refractivity contribution in [3.63, 3.8) is 0 Å². The highest BCUT2D eigenvalue weighted by Gasteiger charge is 2.34. The fraction of sp³-hybridized carbons (Fsp3) is 0.385. The van der Waals surface area contributed by atoms with E-state index in [0.29, 0.717) is 11.8 Å². The van der Waals surface area contributed by atoms with Gasteiger partial charge in [-0.3, -0.25) is 9.97 Å². The van der Waals surface area contributed by atoms with Gasteiger partial charge in [0.05, 0.1) is 11.0 Å². The Balaban J connectivity index is 0.000000902. The first-order valence-electron chi connectivity index (χ1n) is 5.87. The van der Waals surface area contributed by atoms with Crippen LogP contribution in [-0.2, 0) is 0 Å². The molecule has 0 unspecified atom stereocenters. The standard InChI is InChI=1S/C13H13N3.BrH/c1-2-16-13-5-11-9-3-8(6-14-7-9)10(11)4-12(13)15-1;/h1-2,4-5,8-9,14H,3,6-7H2;1H/t8-,9+;. The van der Waals surface area contributed by atoms with Crippen molar-refractivity contribution in [2.75, 3.05) is 13.1 Å². The summed E-state index contributed by atoms with van der Waals surface area (Å²) in [5.41, 5.74) is 5.08. The van der Waals surface area contributed by atoms with E-state index in [4.69, 9.17) is 0 Å². The van der Waals surface area contributed by atoms with Crippen LogP contribution in [0.1, 0.15) is 29.4 Å². The SMILES string of the molecule is Br.c1cnc2cc3c(cc2n1)[C@@H]1CNC[C@H]3C1. The van der Waals surface area contributed by atoms with Crippen LogP contribution in [-0.4, -0.2) is 23.1 Å². The van der Waals surface area contributed by atoms with Crippen molar-refractivity contribution in [3.05, 3.63) is 35.7 Å². The van der Waals surface area contributed by atoms with Crippen LogP contribution in [0.15, 0.2) is 24.5 Å². The Bertz CT molecular complexity index is 521. The molecule has 4 heteroatoms. The van der Waals surface area contributed by atoms with Crippen LogP contribution in [0.3, 0.4) is 0 Å². The lowest BCUT2D eigenvalue weighted by Crippen LogP contribution is -2.28. The van der Waals surface area contributed by atoms with E-state index in [-0.39, 0.29) is 17.0 Å². The summed E-state index contributed by atoms with van der Waals surface area (Å²) in [5.74, 6) is 1.39. The lowest BCUT2D eigenvalue weighted by molar-refractivity contribution is 0.454. The summed E-state index contributed by atoms with van der Waals surface area (Å²) in [5, 5.41) is 3.51. The van der Waals surface area contributed by atoms with E-state index in [1.54, 1.807) is 12.4 Å². The molecule has 2 atom stereocenters. The molecule has 17 heavy (non-hydrogen) atoms. The lowest BCUT2D eigenvalue weighted by atomic mass is 9.98. The maximum absolute atomic E-state index is 4.39. The van der Waals surface area contributed by atoms with Gasteiger partial charge in [-0.25, -0.2) is 0 Å². The highest BCUT2D eigenvalue weighted by Crippen LogP contribution is 2.44. The van der Waals surface area contributed by atoms with Gasteiger partial charge in [0.25, 0.3) is 0 Å². The maximum Gasteiger partial charge on any atom is 0.0889 e. The normalized spacial score (nSPS) is 25.4. The fourth-order valence-electron chi connectivity index (χ4n) is 3.17. The summed E-state index contributed by atoms with van der Waals surface area (Å²) >= 11 is 0. The zero-order chi connectivity index (χ0) is 10.5. The Labute approximate surface area is 110 Å². The zero-order valence-electron chi connectivity index (χ0n) is 9.39. The quantitative estimate of drug-likeness (QED) is 0.810. The molecule has 2 aromatic rings. The van der Waals surface area contributed by atoms with Gasteiger partial charge in [-0.1, -0.05) is 0 Å². The van der Waals surface area contributed by atoms with Gasteiger partial charge in [0.2, 0.25) is 0 Å². The molecular weight excluding hydrogens is 278 g/mol. The first kappa shape index (κ1) is 11.1. The van der Waals surface area contributed by atoms with E-state index in [2.05, 4.69) is 27.4 Å². The number of hydrogen-bond donors (Lipinski definition) is 1. The van der Waals surface area contributed by atoms with Crippen LogP contribution in [0.2, 0.25) is 0 Å². The van der Waals surface area contributed by atoms with Crippen molar-refractivity contribution >= 4 is 28.0 Å². The van der Waals surface area contributed by atoms with Crippen molar-refractivity contribution in [1.82, 2.24) is 15.3 Å². The topological polar surface area (TPSA) is 37.8 Å². The third-order valence-electron chi connectivity index (χ3n) is 3.90. The number of nitrogens with one attached hydrogen (secondary N) is 1. The molecule has 1 N–H and O–H groups in total.